The highest BCUT2D eigenvalue weighted by molar-refractivity contribution is 5.66. The van der Waals surface area contributed by atoms with Crippen LogP contribution in [0, 0.1) is 11.3 Å². The lowest BCUT2D eigenvalue weighted by Crippen LogP contribution is -2.28. The fourth-order valence-electron chi connectivity index (χ4n) is 2.44. The van der Waals surface area contributed by atoms with Crippen LogP contribution in [0.3, 0.4) is 0 Å². The van der Waals surface area contributed by atoms with Crippen molar-refractivity contribution in [2.75, 3.05) is 24.3 Å². The summed E-state index contributed by atoms with van der Waals surface area (Å²) < 4.78 is 6.93. The molecule has 1 aliphatic rings. The van der Waals surface area contributed by atoms with E-state index in [9.17, 15) is 5.26 Å². The third-order valence-corrected chi connectivity index (χ3v) is 3.60. The van der Waals surface area contributed by atoms with Crippen LogP contribution in [0.2, 0.25) is 0 Å². The molecule has 0 bridgehead atoms. The summed E-state index contributed by atoms with van der Waals surface area (Å²) in [5.41, 5.74) is 7.30. The number of nitrogen functional groups attached to an aromatic ring is 1. The number of hydrogen-bond donors (Lipinski definition) is 2. The third kappa shape index (κ3) is 2.69. The first-order chi connectivity index (χ1) is 10.3. The van der Waals surface area contributed by atoms with Gasteiger partial charge in [-0.3, -0.25) is 0 Å². The van der Waals surface area contributed by atoms with Gasteiger partial charge in [-0.05, 0) is 25.0 Å². The number of nitrogens with two attached hydrogens (primary N) is 1. The number of anilines is 2. The fourth-order valence-corrected chi connectivity index (χ4v) is 2.44. The second-order valence-corrected chi connectivity index (χ2v) is 5.00. The van der Waals surface area contributed by atoms with Crippen LogP contribution in [-0.2, 0) is 4.74 Å². The first kappa shape index (κ1) is 13.5. The van der Waals surface area contributed by atoms with E-state index in [-0.39, 0.29) is 6.04 Å². The average molecular weight is 283 g/mol. The minimum Gasteiger partial charge on any atom is -0.382 e. The topological polar surface area (TPSA) is 88.9 Å². The fraction of sp³-hybridized carbons (Fsp3) is 0.333. The van der Waals surface area contributed by atoms with Crippen molar-refractivity contribution in [3.05, 3.63) is 35.9 Å². The molecule has 0 saturated carbocycles. The van der Waals surface area contributed by atoms with Crippen molar-refractivity contribution in [1.82, 2.24) is 9.78 Å². The Kier molecular flexibility index (Phi) is 3.75. The van der Waals surface area contributed by atoms with Crippen molar-refractivity contribution < 1.29 is 4.74 Å². The highest BCUT2D eigenvalue weighted by atomic mass is 16.5. The van der Waals surface area contributed by atoms with Gasteiger partial charge >= 0.3 is 0 Å². The molecule has 6 heteroatoms. The van der Waals surface area contributed by atoms with Crippen molar-refractivity contribution in [1.29, 1.82) is 5.26 Å². The largest absolute Gasteiger partial charge is 0.382 e. The SMILES string of the molecule is N#Cc1c(NC2CCOCC2)nn(-c2ccccc2)c1N. The van der Waals surface area contributed by atoms with E-state index in [1.165, 1.54) is 0 Å². The van der Waals surface area contributed by atoms with Gasteiger partial charge in [0, 0.05) is 19.3 Å². The van der Waals surface area contributed by atoms with Gasteiger partial charge in [0.15, 0.2) is 5.82 Å². The number of hydrogen-bond acceptors (Lipinski definition) is 5. The van der Waals surface area contributed by atoms with Crippen molar-refractivity contribution >= 4 is 11.6 Å². The van der Waals surface area contributed by atoms with Crippen molar-refractivity contribution in [2.24, 2.45) is 0 Å². The molecule has 1 fully saturated rings. The van der Waals surface area contributed by atoms with Crippen molar-refractivity contribution in [3.63, 3.8) is 0 Å². The monoisotopic (exact) mass is 283 g/mol. The Morgan fingerprint density at radius 3 is 2.67 bits per heavy atom. The van der Waals surface area contributed by atoms with Crippen LogP contribution in [0.5, 0.6) is 0 Å². The summed E-state index contributed by atoms with van der Waals surface area (Å²) in [6.07, 6.45) is 1.81. The number of ether oxygens (including phenoxy) is 1. The minimum absolute atomic E-state index is 0.268. The van der Waals surface area contributed by atoms with E-state index in [2.05, 4.69) is 16.5 Å². The van der Waals surface area contributed by atoms with E-state index in [1.54, 1.807) is 4.68 Å². The van der Waals surface area contributed by atoms with E-state index in [4.69, 9.17) is 10.5 Å². The first-order valence-corrected chi connectivity index (χ1v) is 6.98. The van der Waals surface area contributed by atoms with Gasteiger partial charge in [-0.25, -0.2) is 4.68 Å². The van der Waals surface area contributed by atoms with Crippen molar-refractivity contribution in [2.45, 2.75) is 18.9 Å². The van der Waals surface area contributed by atoms with Crippen LogP contribution in [0.15, 0.2) is 30.3 Å². The maximum atomic E-state index is 9.34. The summed E-state index contributed by atoms with van der Waals surface area (Å²) in [7, 11) is 0. The third-order valence-electron chi connectivity index (χ3n) is 3.60. The molecule has 0 radical (unpaired) electrons. The lowest BCUT2D eigenvalue weighted by atomic mass is 10.1. The van der Waals surface area contributed by atoms with Crippen LogP contribution in [0.1, 0.15) is 18.4 Å². The zero-order valence-electron chi connectivity index (χ0n) is 11.6. The van der Waals surface area contributed by atoms with Gasteiger partial charge in [0.25, 0.3) is 0 Å². The smallest absolute Gasteiger partial charge is 0.168 e. The lowest BCUT2D eigenvalue weighted by Gasteiger charge is -2.22. The number of nitriles is 1. The van der Waals surface area contributed by atoms with Gasteiger partial charge in [0.1, 0.15) is 17.5 Å². The predicted octanol–water partition coefficient (Wildman–Crippen LogP) is 1.92. The normalized spacial score (nSPS) is 15.6. The minimum atomic E-state index is 0.268. The summed E-state index contributed by atoms with van der Waals surface area (Å²) in [5, 5.41) is 17.1. The summed E-state index contributed by atoms with van der Waals surface area (Å²) in [4.78, 5) is 0. The molecule has 3 rings (SSSR count). The molecule has 2 aromatic rings. The summed E-state index contributed by atoms with van der Waals surface area (Å²) in [6.45, 7) is 1.46. The predicted molar refractivity (Wildman–Crippen MR) is 80.2 cm³/mol. The van der Waals surface area contributed by atoms with Gasteiger partial charge in [-0.2, -0.15) is 5.26 Å². The van der Waals surface area contributed by atoms with Crippen LogP contribution < -0.4 is 11.1 Å². The molecule has 1 aromatic heterocycles. The molecular weight excluding hydrogens is 266 g/mol. The molecular formula is C15H17N5O. The molecule has 2 heterocycles. The Labute approximate surface area is 123 Å². The van der Waals surface area contributed by atoms with E-state index in [1.807, 2.05) is 30.3 Å². The molecule has 1 saturated heterocycles. The summed E-state index contributed by atoms with van der Waals surface area (Å²) in [6, 6.07) is 12.0. The summed E-state index contributed by atoms with van der Waals surface area (Å²) >= 11 is 0. The number of nitrogens with one attached hydrogen (secondary N) is 1. The molecule has 6 nitrogen and oxygen atoms in total. The van der Waals surface area contributed by atoms with Gasteiger partial charge in [0.05, 0.1) is 5.69 Å². The van der Waals surface area contributed by atoms with Crippen LogP contribution >= 0.6 is 0 Å². The zero-order chi connectivity index (χ0) is 14.7. The Bertz CT molecular complexity index is 653. The number of aromatic nitrogens is 2. The maximum Gasteiger partial charge on any atom is 0.168 e. The number of rotatable bonds is 3. The van der Waals surface area contributed by atoms with Gasteiger partial charge in [-0.1, -0.05) is 18.2 Å². The number of benzene rings is 1. The van der Waals surface area contributed by atoms with Crippen LogP contribution in [-0.4, -0.2) is 29.0 Å². The van der Waals surface area contributed by atoms with E-state index in [0.717, 1.165) is 31.7 Å². The van der Waals surface area contributed by atoms with Gasteiger partial charge < -0.3 is 15.8 Å². The standard InChI is InChI=1S/C15H17N5O/c16-10-13-14(17)20(12-4-2-1-3-5-12)19-15(13)18-11-6-8-21-9-7-11/h1-5,11H,6-9,17H2,(H,18,19). The van der Waals surface area contributed by atoms with E-state index < -0.39 is 0 Å². The summed E-state index contributed by atoms with van der Waals surface area (Å²) in [5.74, 6) is 0.906. The molecule has 0 spiro atoms. The Hall–Kier alpha value is -2.52. The molecule has 108 valence electrons. The molecule has 0 unspecified atom stereocenters. The second kappa shape index (κ2) is 5.85. The van der Waals surface area contributed by atoms with Gasteiger partial charge in [0.2, 0.25) is 0 Å². The van der Waals surface area contributed by atoms with Gasteiger partial charge in [-0.15, -0.1) is 5.10 Å². The van der Waals surface area contributed by atoms with Crippen LogP contribution in [0.25, 0.3) is 5.69 Å². The molecule has 0 aliphatic carbocycles. The highest BCUT2D eigenvalue weighted by Crippen LogP contribution is 2.25. The highest BCUT2D eigenvalue weighted by Gasteiger charge is 2.20. The van der Waals surface area contributed by atoms with Crippen LogP contribution in [0.4, 0.5) is 11.6 Å². The van der Waals surface area contributed by atoms with E-state index in [0.29, 0.717) is 17.2 Å². The molecule has 0 atom stereocenters. The zero-order valence-corrected chi connectivity index (χ0v) is 11.6. The Balaban J connectivity index is 1.92. The first-order valence-electron chi connectivity index (χ1n) is 6.98. The Morgan fingerprint density at radius 1 is 1.29 bits per heavy atom. The average Bonchev–Trinajstić information content (AvgIpc) is 2.85. The molecule has 1 aromatic carbocycles. The molecule has 1 aliphatic heterocycles. The maximum absolute atomic E-state index is 9.34. The van der Waals surface area contributed by atoms with E-state index >= 15 is 0 Å². The molecule has 21 heavy (non-hydrogen) atoms. The number of para-hydroxylation sites is 1. The second-order valence-electron chi connectivity index (χ2n) is 5.00. The molecule has 0 amide bonds. The number of nitrogens with zero attached hydrogens (tertiary/aromatic N) is 3. The lowest BCUT2D eigenvalue weighted by molar-refractivity contribution is 0.0904. The van der Waals surface area contributed by atoms with Crippen molar-refractivity contribution in [3.8, 4) is 11.8 Å². The Morgan fingerprint density at radius 2 is 2.00 bits per heavy atom. The quantitative estimate of drug-likeness (QED) is 0.898. The molecule has 3 N–H and O–H groups in total.